The fraction of sp³-hybridized carbons (Fsp3) is 0.872. The summed E-state index contributed by atoms with van der Waals surface area (Å²) >= 11 is 0. The minimum atomic E-state index is -0.760. The van der Waals surface area contributed by atoms with Gasteiger partial charge < -0.3 is 64.9 Å². The molecule has 57 heavy (non-hydrogen) atoms. The Hall–Kier alpha value is -2.81. The molecule has 0 saturated carbocycles. The summed E-state index contributed by atoms with van der Waals surface area (Å²) in [5.74, 6) is -2.22. The topological polar surface area (TPSA) is 233 Å². The van der Waals surface area contributed by atoms with Gasteiger partial charge in [-0.1, -0.05) is 41.5 Å². The Labute approximate surface area is 340 Å². The van der Waals surface area contributed by atoms with Crippen LogP contribution in [0.5, 0.6) is 0 Å². The van der Waals surface area contributed by atoms with Crippen LogP contribution in [-0.4, -0.2) is 167 Å². The number of primary amides is 1. The zero-order chi connectivity index (χ0) is 42.7. The summed E-state index contributed by atoms with van der Waals surface area (Å²) in [5, 5.41) is 11.3. The van der Waals surface area contributed by atoms with Crippen molar-refractivity contribution in [2.24, 2.45) is 23.5 Å². The average molecular weight is 822 g/mol. The molecule has 0 saturated heterocycles. The third kappa shape index (κ3) is 31.8. The number of rotatable bonds is 40. The van der Waals surface area contributed by atoms with Crippen molar-refractivity contribution in [1.29, 1.82) is 0 Å². The van der Waals surface area contributed by atoms with Gasteiger partial charge in [-0.25, -0.2) is 4.79 Å². The second-order valence-corrected chi connectivity index (χ2v) is 14.3. The van der Waals surface area contributed by atoms with Gasteiger partial charge in [-0.2, -0.15) is 0 Å². The molecule has 0 heterocycles. The number of ether oxygens (including phenoxy) is 8. The van der Waals surface area contributed by atoms with E-state index in [4.69, 9.17) is 43.6 Å². The second kappa shape index (κ2) is 36.3. The van der Waals surface area contributed by atoms with Crippen molar-refractivity contribution < 1.29 is 61.9 Å². The third-order valence-electron chi connectivity index (χ3n) is 8.32. The van der Waals surface area contributed by atoms with Crippen molar-refractivity contribution in [3.63, 3.8) is 0 Å². The minimum Gasteiger partial charge on any atom is -0.382 e. The standard InChI is InChI=1S/C39H75N5O13/c1-29(2)32(38(48)44-33(37(47)30(3)4)9-8-11-41-39(40)49)27-35(45)34(43-31(5)6)28-42-36(46)10-12-51-15-16-53-19-20-55-23-24-57-26-25-56-22-21-54-18-17-52-14-13-50-7/h29-34,43H,8-28H2,1-7H3,(H,42,46)(H,44,48)(H3,40,41,49)/t32-,33-,34-/m0/s1. The highest BCUT2D eigenvalue weighted by Crippen LogP contribution is 2.19. The van der Waals surface area contributed by atoms with E-state index in [1.54, 1.807) is 21.0 Å². The first-order valence-corrected chi connectivity index (χ1v) is 20.3. The molecule has 0 bridgehead atoms. The van der Waals surface area contributed by atoms with Gasteiger partial charge in [-0.3, -0.25) is 19.2 Å². The maximum Gasteiger partial charge on any atom is 0.312 e. The van der Waals surface area contributed by atoms with E-state index in [9.17, 15) is 24.0 Å². The van der Waals surface area contributed by atoms with Gasteiger partial charge in [-0.15, -0.1) is 0 Å². The number of methoxy groups -OCH3 is 1. The van der Waals surface area contributed by atoms with Gasteiger partial charge in [0.25, 0.3) is 0 Å². The van der Waals surface area contributed by atoms with E-state index in [1.165, 1.54) is 0 Å². The van der Waals surface area contributed by atoms with E-state index in [2.05, 4.69) is 21.3 Å². The summed E-state index contributed by atoms with van der Waals surface area (Å²) in [5.41, 5.74) is 5.13. The van der Waals surface area contributed by atoms with Crippen LogP contribution in [0.15, 0.2) is 0 Å². The first kappa shape index (κ1) is 54.2. The highest BCUT2D eigenvalue weighted by molar-refractivity contribution is 5.94. The minimum absolute atomic E-state index is 0.0497. The Balaban J connectivity index is 4.29. The molecule has 0 aromatic carbocycles. The molecule has 18 heteroatoms. The Morgan fingerprint density at radius 2 is 1.05 bits per heavy atom. The summed E-state index contributed by atoms with van der Waals surface area (Å²) < 4.78 is 43.0. The van der Waals surface area contributed by atoms with Gasteiger partial charge in [0, 0.05) is 50.9 Å². The number of nitrogens with two attached hydrogens (primary N) is 1. The molecule has 0 aliphatic rings. The first-order valence-electron chi connectivity index (χ1n) is 20.3. The SMILES string of the molecule is COCCOCCOCCOCCOCCOCCOCCOCCC(=O)NC[C@H](NC(C)C)C(=O)C[C@H](C(=O)N[C@@H](CCCNC(N)=O)C(=O)C(C)C)C(C)C. The summed E-state index contributed by atoms with van der Waals surface area (Å²) in [7, 11) is 1.63. The number of nitrogens with one attached hydrogen (secondary N) is 4. The molecule has 18 nitrogen and oxygen atoms in total. The lowest BCUT2D eigenvalue weighted by Gasteiger charge is -2.27. The fourth-order valence-electron chi connectivity index (χ4n) is 5.18. The molecule has 334 valence electrons. The number of hydrogen-bond donors (Lipinski definition) is 5. The molecule has 6 N–H and O–H groups in total. The van der Waals surface area contributed by atoms with Crippen molar-refractivity contribution in [2.45, 2.75) is 85.4 Å². The maximum absolute atomic E-state index is 13.5. The molecule has 4 amide bonds. The van der Waals surface area contributed by atoms with Crippen molar-refractivity contribution >= 4 is 29.4 Å². The molecular formula is C39H75N5O13. The van der Waals surface area contributed by atoms with Crippen molar-refractivity contribution in [3.05, 3.63) is 0 Å². The van der Waals surface area contributed by atoms with Gasteiger partial charge in [0.2, 0.25) is 11.8 Å². The Morgan fingerprint density at radius 3 is 1.46 bits per heavy atom. The van der Waals surface area contributed by atoms with Crippen molar-refractivity contribution in [3.8, 4) is 0 Å². The van der Waals surface area contributed by atoms with E-state index in [0.29, 0.717) is 105 Å². The van der Waals surface area contributed by atoms with Gasteiger partial charge in [-0.05, 0) is 18.8 Å². The lowest BCUT2D eigenvalue weighted by molar-refractivity contribution is -0.135. The smallest absolute Gasteiger partial charge is 0.312 e. The Bertz CT molecular complexity index is 1070. The number of carbonyl (C=O) groups excluding carboxylic acids is 5. The number of carbonyl (C=O) groups is 5. The van der Waals surface area contributed by atoms with Crippen LogP contribution in [0.1, 0.15) is 67.2 Å². The highest BCUT2D eigenvalue weighted by atomic mass is 16.6. The normalized spacial score (nSPS) is 13.2. The molecular weight excluding hydrogens is 746 g/mol. The van der Waals surface area contributed by atoms with Crippen molar-refractivity contribution in [1.82, 2.24) is 21.3 Å². The molecule has 0 fully saturated rings. The molecule has 0 aromatic rings. The lowest BCUT2D eigenvalue weighted by atomic mass is 9.87. The molecule has 0 aliphatic carbocycles. The zero-order valence-electron chi connectivity index (χ0n) is 35.7. The summed E-state index contributed by atoms with van der Waals surface area (Å²) in [6.45, 7) is 18.0. The molecule has 0 rings (SSSR count). The molecule has 0 spiro atoms. The summed E-state index contributed by atoms with van der Waals surface area (Å²) in [6, 6.07) is -2.20. The van der Waals surface area contributed by atoms with Crippen LogP contribution >= 0.6 is 0 Å². The Kier molecular flexibility index (Phi) is 34.5. The number of urea groups is 1. The van der Waals surface area contributed by atoms with Gasteiger partial charge >= 0.3 is 6.03 Å². The van der Waals surface area contributed by atoms with Crippen LogP contribution in [0, 0.1) is 17.8 Å². The van der Waals surface area contributed by atoms with E-state index >= 15 is 0 Å². The van der Waals surface area contributed by atoms with Crippen LogP contribution < -0.4 is 27.0 Å². The van der Waals surface area contributed by atoms with Crippen LogP contribution in [0.4, 0.5) is 4.79 Å². The second-order valence-electron chi connectivity index (χ2n) is 14.3. The summed E-state index contributed by atoms with van der Waals surface area (Å²) in [6.07, 6.45) is 0.788. The number of ketones is 2. The Morgan fingerprint density at radius 1 is 0.596 bits per heavy atom. The highest BCUT2D eigenvalue weighted by Gasteiger charge is 2.32. The molecule has 0 unspecified atom stereocenters. The summed E-state index contributed by atoms with van der Waals surface area (Å²) in [4.78, 5) is 63.4. The third-order valence-corrected chi connectivity index (χ3v) is 8.32. The van der Waals surface area contributed by atoms with Gasteiger partial charge in [0.1, 0.15) is 0 Å². The largest absolute Gasteiger partial charge is 0.382 e. The fourth-order valence-corrected chi connectivity index (χ4v) is 5.18. The number of Topliss-reactive ketones (excluding diaryl/α,β-unsaturated/α-hetero) is 2. The lowest BCUT2D eigenvalue weighted by Crippen LogP contribution is -2.51. The monoisotopic (exact) mass is 822 g/mol. The molecule has 3 atom stereocenters. The van der Waals surface area contributed by atoms with E-state index in [-0.39, 0.29) is 73.8 Å². The van der Waals surface area contributed by atoms with Crippen LogP contribution in [0.3, 0.4) is 0 Å². The predicted octanol–water partition coefficient (Wildman–Crippen LogP) is 1.01. The molecule has 0 radical (unpaired) electrons. The quantitative estimate of drug-likeness (QED) is 0.0544. The van der Waals surface area contributed by atoms with Crippen LogP contribution in [0.25, 0.3) is 0 Å². The van der Waals surface area contributed by atoms with E-state index < -0.39 is 24.0 Å². The maximum atomic E-state index is 13.5. The van der Waals surface area contributed by atoms with Crippen molar-refractivity contribution in [2.75, 3.05) is 119 Å². The van der Waals surface area contributed by atoms with Crippen LogP contribution in [0.2, 0.25) is 0 Å². The predicted molar refractivity (Wildman–Crippen MR) is 214 cm³/mol. The molecule has 0 aliphatic heterocycles. The first-order chi connectivity index (χ1) is 27.3. The molecule has 0 aromatic heterocycles. The average Bonchev–Trinajstić information content (AvgIpc) is 3.15. The van der Waals surface area contributed by atoms with E-state index in [1.807, 2.05) is 27.7 Å². The zero-order valence-corrected chi connectivity index (χ0v) is 35.7. The number of amides is 4. The van der Waals surface area contributed by atoms with Crippen LogP contribution in [-0.2, 0) is 57.1 Å². The number of hydrogen-bond acceptors (Lipinski definition) is 14. The van der Waals surface area contributed by atoms with Gasteiger partial charge in [0.15, 0.2) is 11.6 Å². The van der Waals surface area contributed by atoms with E-state index in [0.717, 1.165) is 0 Å². The van der Waals surface area contributed by atoms with Gasteiger partial charge in [0.05, 0.1) is 111 Å².